The van der Waals surface area contributed by atoms with Gasteiger partial charge in [-0.2, -0.15) is 0 Å². The number of hydrogen-bond acceptors (Lipinski definition) is 1. The Labute approximate surface area is 342 Å². The van der Waals surface area contributed by atoms with Crippen molar-refractivity contribution in [3.63, 3.8) is 0 Å². The molecule has 288 valence electrons. The average Bonchev–Trinajstić information content (AvgIpc) is 3.56. The van der Waals surface area contributed by atoms with Gasteiger partial charge < -0.3 is 4.90 Å². The monoisotopic (exact) mass is 745 g/mol. The zero-order chi connectivity index (χ0) is 38.2. The molecule has 1 unspecified atom stereocenters. The average molecular weight is 746 g/mol. The van der Waals surface area contributed by atoms with Crippen molar-refractivity contribution in [1.29, 1.82) is 0 Å². The number of hydrogen-bond donors (Lipinski definition) is 0. The van der Waals surface area contributed by atoms with Crippen LogP contribution in [0.15, 0.2) is 140 Å². The third kappa shape index (κ3) is 6.96. The van der Waals surface area contributed by atoms with E-state index in [9.17, 15) is 0 Å². The number of benzene rings is 6. The SMILES string of the molecule is CC1(c2ccc(C3CCCCC3)cc2)c2ccccc2-c2ccc(N(c3ccc(-c4ccc(C5CCCCC5)cc4)cc3)c3ccc(C4CCCCC4)cc3)cc21. The van der Waals surface area contributed by atoms with Crippen LogP contribution in [0, 0.1) is 0 Å². The van der Waals surface area contributed by atoms with Gasteiger partial charge in [-0.15, -0.1) is 0 Å². The van der Waals surface area contributed by atoms with Gasteiger partial charge in [-0.1, -0.05) is 161 Å². The Morgan fingerprint density at radius 2 is 0.789 bits per heavy atom. The molecule has 1 atom stereocenters. The smallest absolute Gasteiger partial charge is 0.0465 e. The van der Waals surface area contributed by atoms with Crippen LogP contribution in [-0.2, 0) is 5.41 Å². The number of rotatable bonds is 8. The second-order valence-corrected chi connectivity index (χ2v) is 18.1. The first kappa shape index (κ1) is 36.5. The Hall–Kier alpha value is -4.88. The second kappa shape index (κ2) is 15.8. The third-order valence-corrected chi connectivity index (χ3v) is 14.8. The van der Waals surface area contributed by atoms with Gasteiger partial charge in [0.1, 0.15) is 0 Å². The van der Waals surface area contributed by atoms with Crippen LogP contribution in [0.1, 0.15) is 154 Å². The predicted molar refractivity (Wildman–Crippen MR) is 241 cm³/mol. The van der Waals surface area contributed by atoms with Crippen LogP contribution in [0.5, 0.6) is 0 Å². The maximum Gasteiger partial charge on any atom is 0.0465 e. The summed E-state index contributed by atoms with van der Waals surface area (Å²) in [4.78, 5) is 2.50. The van der Waals surface area contributed by atoms with E-state index < -0.39 is 0 Å². The predicted octanol–water partition coefficient (Wildman–Crippen LogP) is 16.3. The van der Waals surface area contributed by atoms with Crippen LogP contribution in [0.2, 0.25) is 0 Å². The van der Waals surface area contributed by atoms with Crippen LogP contribution in [-0.4, -0.2) is 0 Å². The standard InChI is InChI=1S/C56H59N/c1-56(48-31-25-45(26-32-48)41-15-7-3-8-16-41)54-20-12-11-19-52(54)53-38-37-51(39-55(53)56)57(49-33-27-46(28-34-49)42-17-9-4-10-18-42)50-35-29-47(30-36-50)44-23-21-43(22-24-44)40-13-5-2-6-14-40/h11-12,19-42H,2-10,13-18H2,1H3. The lowest BCUT2D eigenvalue weighted by molar-refractivity contribution is 0.443. The summed E-state index contributed by atoms with van der Waals surface area (Å²) in [6.45, 7) is 2.47. The summed E-state index contributed by atoms with van der Waals surface area (Å²) >= 11 is 0. The molecule has 10 rings (SSSR count). The highest BCUT2D eigenvalue weighted by Crippen LogP contribution is 2.54. The van der Waals surface area contributed by atoms with E-state index in [1.807, 2.05) is 0 Å². The van der Waals surface area contributed by atoms with Crippen LogP contribution in [0.4, 0.5) is 17.1 Å². The van der Waals surface area contributed by atoms with E-state index in [0.29, 0.717) is 11.8 Å². The maximum atomic E-state index is 2.51. The van der Waals surface area contributed by atoms with E-state index in [0.717, 1.165) is 5.92 Å². The van der Waals surface area contributed by atoms with Crippen LogP contribution in [0.3, 0.4) is 0 Å². The van der Waals surface area contributed by atoms with Gasteiger partial charge in [-0.25, -0.2) is 0 Å². The van der Waals surface area contributed by atoms with Crippen molar-refractivity contribution in [2.75, 3.05) is 4.90 Å². The van der Waals surface area contributed by atoms with Crippen LogP contribution in [0.25, 0.3) is 22.3 Å². The van der Waals surface area contributed by atoms with Gasteiger partial charge in [0, 0.05) is 22.5 Å². The Kier molecular flexibility index (Phi) is 10.1. The summed E-state index contributed by atoms with van der Waals surface area (Å²) in [5.41, 5.74) is 17.4. The molecular weight excluding hydrogens is 687 g/mol. The Balaban J connectivity index is 1.03. The second-order valence-electron chi connectivity index (χ2n) is 18.1. The summed E-state index contributed by atoms with van der Waals surface area (Å²) in [7, 11) is 0. The zero-order valence-electron chi connectivity index (χ0n) is 34.1. The molecule has 0 heterocycles. The van der Waals surface area contributed by atoms with Crippen molar-refractivity contribution in [3.05, 3.63) is 173 Å². The summed E-state index contributed by atoms with van der Waals surface area (Å²) in [6.07, 6.45) is 20.3. The van der Waals surface area contributed by atoms with Crippen LogP contribution >= 0.6 is 0 Å². The van der Waals surface area contributed by atoms with Crippen molar-refractivity contribution < 1.29 is 0 Å². The Morgan fingerprint density at radius 1 is 0.386 bits per heavy atom. The lowest BCUT2D eigenvalue weighted by atomic mass is 9.73. The summed E-state index contributed by atoms with van der Waals surface area (Å²) < 4.78 is 0. The molecule has 1 nitrogen and oxygen atoms in total. The van der Waals surface area contributed by atoms with E-state index in [4.69, 9.17) is 0 Å². The lowest BCUT2D eigenvalue weighted by Crippen LogP contribution is -2.23. The minimum Gasteiger partial charge on any atom is -0.310 e. The van der Waals surface area contributed by atoms with Gasteiger partial charge in [0.15, 0.2) is 0 Å². The molecule has 4 aliphatic carbocycles. The minimum atomic E-state index is -0.253. The molecular formula is C56H59N. The third-order valence-electron chi connectivity index (χ3n) is 14.8. The zero-order valence-corrected chi connectivity index (χ0v) is 34.1. The molecule has 0 saturated heterocycles. The first-order valence-corrected chi connectivity index (χ1v) is 22.6. The van der Waals surface area contributed by atoms with E-state index in [1.54, 1.807) is 0 Å². The normalized spacial score (nSPS) is 20.2. The largest absolute Gasteiger partial charge is 0.310 e. The lowest BCUT2D eigenvalue weighted by Gasteiger charge is -2.31. The molecule has 0 spiro atoms. The summed E-state index contributed by atoms with van der Waals surface area (Å²) in [5, 5.41) is 0. The molecule has 4 aliphatic rings. The molecule has 0 bridgehead atoms. The number of nitrogens with zero attached hydrogens (tertiary/aromatic N) is 1. The topological polar surface area (TPSA) is 3.24 Å². The van der Waals surface area contributed by atoms with Gasteiger partial charge >= 0.3 is 0 Å². The van der Waals surface area contributed by atoms with Crippen molar-refractivity contribution in [3.8, 4) is 22.3 Å². The summed E-state index contributed by atoms with van der Waals surface area (Å²) in [6, 6.07) is 54.6. The first-order valence-electron chi connectivity index (χ1n) is 22.6. The van der Waals surface area contributed by atoms with Crippen LogP contribution < -0.4 is 4.90 Å². The highest BCUT2D eigenvalue weighted by molar-refractivity contribution is 5.87. The first-order chi connectivity index (χ1) is 28.1. The van der Waals surface area contributed by atoms with E-state index in [1.165, 1.54) is 169 Å². The number of fused-ring (bicyclic) bond motifs is 3. The van der Waals surface area contributed by atoms with Crippen molar-refractivity contribution in [1.82, 2.24) is 0 Å². The Morgan fingerprint density at radius 3 is 1.32 bits per heavy atom. The number of anilines is 3. The molecule has 3 saturated carbocycles. The molecule has 57 heavy (non-hydrogen) atoms. The van der Waals surface area contributed by atoms with Gasteiger partial charge in [0.25, 0.3) is 0 Å². The van der Waals surface area contributed by atoms with Gasteiger partial charge in [0.05, 0.1) is 0 Å². The van der Waals surface area contributed by atoms with E-state index in [-0.39, 0.29) is 5.41 Å². The van der Waals surface area contributed by atoms with Crippen molar-refractivity contribution in [2.45, 2.75) is 126 Å². The molecule has 1 heteroatoms. The fourth-order valence-electron chi connectivity index (χ4n) is 11.4. The highest BCUT2D eigenvalue weighted by Gasteiger charge is 2.41. The molecule has 0 radical (unpaired) electrons. The van der Waals surface area contributed by atoms with Crippen molar-refractivity contribution >= 4 is 17.1 Å². The Bertz CT molecular complexity index is 2280. The molecule has 6 aromatic carbocycles. The van der Waals surface area contributed by atoms with Gasteiger partial charge in [-0.05, 0) is 155 Å². The highest BCUT2D eigenvalue weighted by atomic mass is 15.1. The molecule has 6 aromatic rings. The van der Waals surface area contributed by atoms with Crippen molar-refractivity contribution in [2.24, 2.45) is 0 Å². The van der Waals surface area contributed by atoms with Gasteiger partial charge in [0.2, 0.25) is 0 Å². The fourth-order valence-corrected chi connectivity index (χ4v) is 11.4. The van der Waals surface area contributed by atoms with E-state index in [2.05, 4.69) is 151 Å². The minimum absolute atomic E-state index is 0.253. The quantitative estimate of drug-likeness (QED) is 0.150. The molecule has 0 amide bonds. The van der Waals surface area contributed by atoms with Gasteiger partial charge in [-0.3, -0.25) is 0 Å². The molecule has 3 fully saturated rings. The molecule has 0 aliphatic heterocycles. The van der Waals surface area contributed by atoms with E-state index >= 15 is 0 Å². The molecule has 0 N–H and O–H groups in total. The maximum absolute atomic E-state index is 2.51. The fraction of sp³-hybridized carbons (Fsp3) is 0.357. The summed E-state index contributed by atoms with van der Waals surface area (Å²) in [5.74, 6) is 2.13. The molecule has 0 aromatic heterocycles.